The fraction of sp³-hybridized carbons (Fsp3) is 0.688. The molecule has 112 valence electrons. The third-order valence-electron chi connectivity index (χ3n) is 4.73. The molecular weight excluding hydrogens is 250 g/mol. The minimum atomic E-state index is 0.350. The molecule has 0 saturated heterocycles. The highest BCUT2D eigenvalue weighted by Gasteiger charge is 2.38. The summed E-state index contributed by atoms with van der Waals surface area (Å²) in [6, 6.07) is 0. The molecule has 0 unspecified atom stereocenters. The van der Waals surface area contributed by atoms with Gasteiger partial charge in [-0.25, -0.2) is 0 Å². The van der Waals surface area contributed by atoms with Crippen LogP contribution in [0.2, 0.25) is 0 Å². The summed E-state index contributed by atoms with van der Waals surface area (Å²) in [5, 5.41) is 3.58. The highest BCUT2D eigenvalue weighted by Crippen LogP contribution is 2.35. The Balaban J connectivity index is 1.98. The minimum absolute atomic E-state index is 0.350. The van der Waals surface area contributed by atoms with Crippen molar-refractivity contribution in [2.24, 2.45) is 0 Å². The highest BCUT2D eigenvalue weighted by molar-refractivity contribution is 5.40. The van der Waals surface area contributed by atoms with Crippen molar-refractivity contribution in [3.05, 3.63) is 23.0 Å². The van der Waals surface area contributed by atoms with Crippen LogP contribution in [0.25, 0.3) is 0 Å². The molecule has 0 atom stereocenters. The zero-order valence-electron chi connectivity index (χ0n) is 13.4. The number of rotatable bonds is 6. The monoisotopic (exact) mass is 277 g/mol. The maximum absolute atomic E-state index is 5.46. The SMILES string of the molecule is COc1c(C)cnc(CNCC2(N(C)C)CCC2)c1C. The van der Waals surface area contributed by atoms with Gasteiger partial charge in [0.2, 0.25) is 0 Å². The van der Waals surface area contributed by atoms with Crippen LogP contribution in [0, 0.1) is 13.8 Å². The maximum atomic E-state index is 5.46. The third kappa shape index (κ3) is 2.81. The van der Waals surface area contributed by atoms with E-state index in [0.29, 0.717) is 5.54 Å². The van der Waals surface area contributed by atoms with Crippen molar-refractivity contribution in [1.82, 2.24) is 15.2 Å². The first-order valence-electron chi connectivity index (χ1n) is 7.37. The van der Waals surface area contributed by atoms with Gasteiger partial charge in [0.1, 0.15) is 5.75 Å². The quantitative estimate of drug-likeness (QED) is 0.865. The number of ether oxygens (including phenoxy) is 1. The normalized spacial score (nSPS) is 17.1. The van der Waals surface area contributed by atoms with Crippen molar-refractivity contribution >= 4 is 0 Å². The summed E-state index contributed by atoms with van der Waals surface area (Å²) < 4.78 is 5.46. The summed E-state index contributed by atoms with van der Waals surface area (Å²) >= 11 is 0. The number of hydrogen-bond acceptors (Lipinski definition) is 4. The lowest BCUT2D eigenvalue weighted by atomic mass is 9.75. The first-order chi connectivity index (χ1) is 9.50. The molecule has 1 aliphatic carbocycles. The Hall–Kier alpha value is -1.13. The second-order valence-electron chi connectivity index (χ2n) is 6.12. The molecule has 4 heteroatoms. The van der Waals surface area contributed by atoms with Crippen molar-refractivity contribution in [2.75, 3.05) is 27.7 Å². The van der Waals surface area contributed by atoms with Gasteiger partial charge in [-0.3, -0.25) is 4.98 Å². The number of likely N-dealkylation sites (N-methyl/N-ethyl adjacent to an activating group) is 1. The number of hydrogen-bond donors (Lipinski definition) is 1. The van der Waals surface area contributed by atoms with Crippen molar-refractivity contribution in [3.63, 3.8) is 0 Å². The Morgan fingerprint density at radius 2 is 2.05 bits per heavy atom. The van der Waals surface area contributed by atoms with Gasteiger partial charge in [0.05, 0.1) is 12.8 Å². The van der Waals surface area contributed by atoms with Crippen LogP contribution in [0.15, 0.2) is 6.20 Å². The molecule has 0 spiro atoms. The largest absolute Gasteiger partial charge is 0.496 e. The summed E-state index contributed by atoms with van der Waals surface area (Å²) in [5.41, 5.74) is 3.67. The van der Waals surface area contributed by atoms with Gasteiger partial charge in [-0.05, 0) is 47.2 Å². The molecule has 0 amide bonds. The molecular formula is C16H27N3O. The predicted octanol–water partition coefficient (Wildman–Crippen LogP) is 2.28. The van der Waals surface area contributed by atoms with Crippen LogP contribution in [0.4, 0.5) is 0 Å². The van der Waals surface area contributed by atoms with Crippen molar-refractivity contribution in [2.45, 2.75) is 45.2 Å². The van der Waals surface area contributed by atoms with Crippen LogP contribution in [0.5, 0.6) is 5.75 Å². The van der Waals surface area contributed by atoms with Crippen LogP contribution in [-0.2, 0) is 6.54 Å². The van der Waals surface area contributed by atoms with E-state index in [0.717, 1.165) is 35.7 Å². The fourth-order valence-corrected chi connectivity index (χ4v) is 3.03. The number of nitrogens with one attached hydrogen (secondary N) is 1. The number of methoxy groups -OCH3 is 1. The molecule has 1 saturated carbocycles. The zero-order valence-corrected chi connectivity index (χ0v) is 13.4. The van der Waals surface area contributed by atoms with Crippen molar-refractivity contribution < 1.29 is 4.74 Å². The second kappa shape index (κ2) is 6.10. The minimum Gasteiger partial charge on any atom is -0.496 e. The van der Waals surface area contributed by atoms with Gasteiger partial charge in [0, 0.05) is 36.0 Å². The highest BCUT2D eigenvalue weighted by atomic mass is 16.5. The molecule has 0 aromatic carbocycles. The van der Waals surface area contributed by atoms with Gasteiger partial charge in [-0.2, -0.15) is 0 Å². The number of nitrogens with zero attached hydrogens (tertiary/aromatic N) is 2. The van der Waals surface area contributed by atoms with Gasteiger partial charge >= 0.3 is 0 Å². The average Bonchev–Trinajstić information content (AvgIpc) is 2.35. The lowest BCUT2D eigenvalue weighted by Crippen LogP contribution is -2.56. The number of pyridine rings is 1. The van der Waals surface area contributed by atoms with E-state index in [9.17, 15) is 0 Å². The molecule has 0 radical (unpaired) electrons. The Morgan fingerprint density at radius 3 is 2.55 bits per heavy atom. The number of aryl methyl sites for hydroxylation is 1. The summed E-state index contributed by atoms with van der Waals surface area (Å²) in [4.78, 5) is 6.90. The molecule has 2 rings (SSSR count). The van der Waals surface area contributed by atoms with Crippen molar-refractivity contribution in [3.8, 4) is 5.75 Å². The van der Waals surface area contributed by atoms with Crippen molar-refractivity contribution in [1.29, 1.82) is 0 Å². The predicted molar refractivity (Wildman–Crippen MR) is 82.2 cm³/mol. The Labute approximate surface area is 122 Å². The van der Waals surface area contributed by atoms with E-state index in [1.54, 1.807) is 7.11 Å². The zero-order chi connectivity index (χ0) is 14.8. The Bertz CT molecular complexity index is 467. The van der Waals surface area contributed by atoms with E-state index in [1.165, 1.54) is 19.3 Å². The maximum Gasteiger partial charge on any atom is 0.128 e. The molecule has 20 heavy (non-hydrogen) atoms. The van der Waals surface area contributed by atoms with Gasteiger partial charge < -0.3 is 15.0 Å². The number of aromatic nitrogens is 1. The summed E-state index contributed by atoms with van der Waals surface area (Å²) in [6.07, 6.45) is 5.82. The van der Waals surface area contributed by atoms with E-state index in [4.69, 9.17) is 4.74 Å². The second-order valence-corrected chi connectivity index (χ2v) is 6.12. The van der Waals surface area contributed by atoms with Gasteiger partial charge in [0.25, 0.3) is 0 Å². The van der Waals surface area contributed by atoms with Crippen LogP contribution in [0.3, 0.4) is 0 Å². The van der Waals surface area contributed by atoms with Gasteiger partial charge in [-0.1, -0.05) is 0 Å². The van der Waals surface area contributed by atoms with Gasteiger partial charge in [0.15, 0.2) is 0 Å². The van der Waals surface area contributed by atoms with E-state index in [-0.39, 0.29) is 0 Å². The molecule has 1 heterocycles. The molecule has 1 aromatic rings. The van der Waals surface area contributed by atoms with Crippen LogP contribution in [0.1, 0.15) is 36.1 Å². The molecule has 1 N–H and O–H groups in total. The standard InChI is InChI=1S/C16H27N3O/c1-12-9-18-14(13(2)15(12)20-5)10-17-11-16(19(3)4)7-6-8-16/h9,17H,6-8,10-11H2,1-5H3. The van der Waals surface area contributed by atoms with Crippen LogP contribution < -0.4 is 10.1 Å². The van der Waals surface area contributed by atoms with Gasteiger partial charge in [-0.15, -0.1) is 0 Å². The summed E-state index contributed by atoms with van der Waals surface area (Å²) in [7, 11) is 6.08. The lowest BCUT2D eigenvalue weighted by molar-refractivity contribution is 0.0597. The average molecular weight is 277 g/mol. The smallest absolute Gasteiger partial charge is 0.128 e. The first-order valence-corrected chi connectivity index (χ1v) is 7.37. The summed E-state index contributed by atoms with van der Waals surface area (Å²) in [5.74, 6) is 0.961. The van der Waals surface area contributed by atoms with E-state index in [1.807, 2.05) is 13.1 Å². The third-order valence-corrected chi connectivity index (χ3v) is 4.73. The Kier molecular flexibility index (Phi) is 4.66. The van der Waals surface area contributed by atoms with Crippen LogP contribution >= 0.6 is 0 Å². The topological polar surface area (TPSA) is 37.4 Å². The molecule has 0 bridgehead atoms. The fourth-order valence-electron chi connectivity index (χ4n) is 3.03. The Morgan fingerprint density at radius 1 is 1.35 bits per heavy atom. The van der Waals surface area contributed by atoms with E-state index in [2.05, 4.69) is 36.2 Å². The summed E-state index contributed by atoms with van der Waals surface area (Å²) in [6.45, 7) is 5.95. The molecule has 4 nitrogen and oxygen atoms in total. The lowest BCUT2D eigenvalue weighted by Gasteiger charge is -2.47. The van der Waals surface area contributed by atoms with E-state index >= 15 is 0 Å². The van der Waals surface area contributed by atoms with E-state index < -0.39 is 0 Å². The molecule has 0 aliphatic heterocycles. The molecule has 1 fully saturated rings. The molecule has 1 aromatic heterocycles. The van der Waals surface area contributed by atoms with Crippen LogP contribution in [-0.4, -0.2) is 43.2 Å². The first kappa shape index (κ1) is 15.3. The molecule has 1 aliphatic rings.